The first-order valence-corrected chi connectivity index (χ1v) is 5.08. The third-order valence-corrected chi connectivity index (χ3v) is 3.06. The van der Waals surface area contributed by atoms with Crippen molar-refractivity contribution in [1.29, 1.82) is 0 Å². The maximum atomic E-state index is 8.91. The maximum Gasteiger partial charge on any atom is 0.0587 e. The van der Waals surface area contributed by atoms with Crippen molar-refractivity contribution in [3.8, 4) is 0 Å². The second kappa shape index (κ2) is 4.80. The van der Waals surface area contributed by atoms with Gasteiger partial charge < -0.3 is 10.4 Å². The average Bonchev–Trinajstić information content (AvgIpc) is 1.94. The molecular formula is C8H15NOS. The van der Waals surface area contributed by atoms with E-state index < -0.39 is 0 Å². The van der Waals surface area contributed by atoms with Crippen LogP contribution < -0.4 is 5.32 Å². The second-order valence-corrected chi connectivity index (χ2v) is 3.88. The zero-order valence-corrected chi connectivity index (χ0v) is 7.44. The Labute approximate surface area is 72.1 Å². The fraction of sp³-hybridized carbons (Fsp3) is 0.750. The molecule has 1 atom stereocenters. The van der Waals surface area contributed by atoms with E-state index in [0.29, 0.717) is 6.04 Å². The topological polar surface area (TPSA) is 32.3 Å². The molecule has 0 aliphatic carbocycles. The molecule has 1 unspecified atom stereocenters. The maximum absolute atomic E-state index is 8.91. The van der Waals surface area contributed by atoms with E-state index in [-0.39, 0.29) is 12.6 Å². The number of aliphatic hydroxyl groups is 1. The fourth-order valence-corrected chi connectivity index (χ4v) is 1.73. The van der Waals surface area contributed by atoms with Gasteiger partial charge in [0.05, 0.1) is 6.61 Å². The quantitative estimate of drug-likeness (QED) is 0.598. The van der Waals surface area contributed by atoms with Crippen LogP contribution in [0.5, 0.6) is 0 Å². The molecule has 0 amide bonds. The molecule has 0 aromatic rings. The normalized spacial score (nSPS) is 20.8. The highest BCUT2D eigenvalue weighted by Gasteiger charge is 2.20. The molecule has 11 heavy (non-hydrogen) atoms. The monoisotopic (exact) mass is 173 g/mol. The van der Waals surface area contributed by atoms with Gasteiger partial charge in [0.1, 0.15) is 0 Å². The van der Waals surface area contributed by atoms with E-state index >= 15 is 0 Å². The van der Waals surface area contributed by atoms with Gasteiger partial charge >= 0.3 is 0 Å². The van der Waals surface area contributed by atoms with Crippen LogP contribution in [0.2, 0.25) is 0 Å². The molecule has 3 heteroatoms. The molecule has 0 aromatic carbocycles. The Hall–Kier alpha value is 0.0100. The van der Waals surface area contributed by atoms with Gasteiger partial charge in [-0.15, -0.1) is 6.58 Å². The summed E-state index contributed by atoms with van der Waals surface area (Å²) in [6.07, 6.45) is 2.71. The fourth-order valence-electron chi connectivity index (χ4n) is 1.06. The number of hydrogen-bond acceptors (Lipinski definition) is 3. The van der Waals surface area contributed by atoms with Crippen molar-refractivity contribution < 1.29 is 5.11 Å². The minimum absolute atomic E-state index is 0.215. The molecule has 2 N–H and O–H groups in total. The van der Waals surface area contributed by atoms with Crippen LogP contribution in [0, 0.1) is 0 Å². The smallest absolute Gasteiger partial charge is 0.0587 e. The molecule has 0 bridgehead atoms. The first-order chi connectivity index (χ1) is 5.36. The molecule has 0 radical (unpaired) electrons. The third-order valence-electron chi connectivity index (χ3n) is 1.78. The summed E-state index contributed by atoms with van der Waals surface area (Å²) < 4.78 is 0. The highest BCUT2D eigenvalue weighted by Crippen LogP contribution is 2.17. The highest BCUT2D eigenvalue weighted by molar-refractivity contribution is 8.00. The van der Waals surface area contributed by atoms with Crippen molar-refractivity contribution in [1.82, 2.24) is 5.32 Å². The summed E-state index contributed by atoms with van der Waals surface area (Å²) in [5.41, 5.74) is 0. The molecular weight excluding hydrogens is 158 g/mol. The minimum atomic E-state index is 0.215. The van der Waals surface area contributed by atoms with Crippen LogP contribution in [-0.4, -0.2) is 35.3 Å². The highest BCUT2D eigenvalue weighted by atomic mass is 32.2. The van der Waals surface area contributed by atoms with Crippen LogP contribution in [0.1, 0.15) is 6.42 Å². The van der Waals surface area contributed by atoms with Crippen LogP contribution in [-0.2, 0) is 0 Å². The lowest BCUT2D eigenvalue weighted by Gasteiger charge is -2.29. The summed E-state index contributed by atoms with van der Waals surface area (Å²) in [6.45, 7) is 3.86. The van der Waals surface area contributed by atoms with Gasteiger partial charge in [-0.2, -0.15) is 11.8 Å². The van der Waals surface area contributed by atoms with Gasteiger partial charge in [0.15, 0.2) is 0 Å². The number of aliphatic hydroxyl groups excluding tert-OH is 1. The van der Waals surface area contributed by atoms with E-state index in [2.05, 4.69) is 11.9 Å². The molecule has 1 fully saturated rings. The lowest BCUT2D eigenvalue weighted by molar-refractivity contribution is 0.236. The van der Waals surface area contributed by atoms with Crippen molar-refractivity contribution >= 4 is 11.8 Å². The lowest BCUT2D eigenvalue weighted by Crippen LogP contribution is -2.47. The Bertz CT molecular complexity index is 125. The Morgan fingerprint density at radius 1 is 1.73 bits per heavy atom. The number of thioether (sulfide) groups is 1. The van der Waals surface area contributed by atoms with Crippen molar-refractivity contribution in [2.75, 3.05) is 18.1 Å². The van der Waals surface area contributed by atoms with Crippen LogP contribution in [0.3, 0.4) is 0 Å². The molecule has 1 heterocycles. The van der Waals surface area contributed by atoms with E-state index in [1.807, 2.05) is 17.8 Å². The van der Waals surface area contributed by atoms with Gasteiger partial charge in [-0.1, -0.05) is 6.08 Å². The third kappa shape index (κ3) is 2.85. The molecule has 1 rings (SSSR count). The summed E-state index contributed by atoms with van der Waals surface area (Å²) >= 11 is 1.95. The van der Waals surface area contributed by atoms with Gasteiger partial charge in [-0.3, -0.25) is 0 Å². The van der Waals surface area contributed by atoms with Gasteiger partial charge in [0, 0.05) is 23.6 Å². The van der Waals surface area contributed by atoms with Crippen molar-refractivity contribution in [3.63, 3.8) is 0 Å². The number of rotatable bonds is 5. The molecule has 0 spiro atoms. The number of nitrogens with one attached hydrogen (secondary N) is 1. The molecule has 0 saturated carbocycles. The van der Waals surface area contributed by atoms with Gasteiger partial charge in [-0.05, 0) is 6.42 Å². The van der Waals surface area contributed by atoms with Gasteiger partial charge in [0.25, 0.3) is 0 Å². The Balaban J connectivity index is 2.13. The van der Waals surface area contributed by atoms with E-state index in [9.17, 15) is 0 Å². The van der Waals surface area contributed by atoms with E-state index in [4.69, 9.17) is 5.11 Å². The second-order valence-electron chi connectivity index (χ2n) is 2.80. The van der Waals surface area contributed by atoms with Gasteiger partial charge in [-0.25, -0.2) is 0 Å². The summed E-state index contributed by atoms with van der Waals surface area (Å²) in [5.74, 6) is 2.38. The first-order valence-electron chi connectivity index (χ1n) is 3.92. The van der Waals surface area contributed by atoms with Crippen LogP contribution in [0.4, 0.5) is 0 Å². The van der Waals surface area contributed by atoms with E-state index in [0.717, 1.165) is 6.42 Å². The molecule has 0 aromatic heterocycles. The molecule has 64 valence electrons. The van der Waals surface area contributed by atoms with E-state index in [1.165, 1.54) is 11.5 Å². The summed E-state index contributed by atoms with van der Waals surface area (Å²) in [6, 6.07) is 0.843. The average molecular weight is 173 g/mol. The number of hydrogen-bond donors (Lipinski definition) is 2. The van der Waals surface area contributed by atoms with Crippen LogP contribution in [0.15, 0.2) is 12.7 Å². The van der Waals surface area contributed by atoms with Crippen molar-refractivity contribution in [3.05, 3.63) is 12.7 Å². The van der Waals surface area contributed by atoms with Gasteiger partial charge in [0.2, 0.25) is 0 Å². The van der Waals surface area contributed by atoms with Crippen LogP contribution >= 0.6 is 11.8 Å². The van der Waals surface area contributed by atoms with Crippen molar-refractivity contribution in [2.24, 2.45) is 0 Å². The summed E-state index contributed by atoms with van der Waals surface area (Å²) in [4.78, 5) is 0. The molecule has 1 aliphatic rings. The van der Waals surface area contributed by atoms with Crippen molar-refractivity contribution in [2.45, 2.75) is 18.5 Å². The minimum Gasteiger partial charge on any atom is -0.395 e. The summed E-state index contributed by atoms with van der Waals surface area (Å²) in [7, 11) is 0. The Morgan fingerprint density at radius 3 is 2.82 bits per heavy atom. The summed E-state index contributed by atoms with van der Waals surface area (Å²) in [5, 5.41) is 12.3. The molecule has 2 nitrogen and oxygen atoms in total. The lowest BCUT2D eigenvalue weighted by atomic mass is 10.2. The van der Waals surface area contributed by atoms with Crippen LogP contribution in [0.25, 0.3) is 0 Å². The Kier molecular flexibility index (Phi) is 3.97. The predicted octanol–water partition coefficient (Wildman–Crippen LogP) is 0.628. The standard InChI is InChI=1S/C8H15NOS/c1-2-3-7(4-10)9-8-5-11-6-8/h2,7-10H,1,3-6H2. The largest absolute Gasteiger partial charge is 0.395 e. The SMILES string of the molecule is C=CCC(CO)NC1CSC1. The molecule has 1 aliphatic heterocycles. The zero-order chi connectivity index (χ0) is 8.10. The zero-order valence-electron chi connectivity index (χ0n) is 6.62. The predicted molar refractivity (Wildman–Crippen MR) is 49.9 cm³/mol. The molecule has 1 saturated heterocycles. The first kappa shape index (κ1) is 9.10. The van der Waals surface area contributed by atoms with E-state index in [1.54, 1.807) is 0 Å². The Morgan fingerprint density at radius 2 is 2.45 bits per heavy atom.